The molecule has 46 valence electrons. The Labute approximate surface area is 50.5 Å². The summed E-state index contributed by atoms with van der Waals surface area (Å²) >= 11 is 0.350. The van der Waals surface area contributed by atoms with Crippen LogP contribution in [0.25, 0.3) is 0 Å². The van der Waals surface area contributed by atoms with Crippen molar-refractivity contribution in [2.45, 2.75) is 6.92 Å². The molecule has 0 heterocycles. The molecule has 0 aliphatic rings. The van der Waals surface area contributed by atoms with E-state index in [1.54, 1.807) is 6.92 Å². The zero-order valence-electron chi connectivity index (χ0n) is 4.38. The van der Waals surface area contributed by atoms with E-state index >= 15 is 0 Å². The molecule has 0 radical (unpaired) electrons. The smallest absolute Gasteiger partial charge is 0.445 e. The maximum atomic E-state index is 10.1. The molecule has 0 fully saturated rings. The van der Waals surface area contributed by atoms with Crippen LogP contribution in [0.4, 0.5) is 4.79 Å². The number of ether oxygens (including phenoxy) is 1. The van der Waals surface area contributed by atoms with Crippen molar-refractivity contribution in [2.75, 3.05) is 6.61 Å². The van der Waals surface area contributed by atoms with Crippen molar-refractivity contribution >= 4 is 17.4 Å². The summed E-state index contributed by atoms with van der Waals surface area (Å²) in [7, 11) is 0. The average molecular weight is 134 g/mol. The van der Waals surface area contributed by atoms with Gasteiger partial charge in [0.05, 0.1) is 18.0 Å². The molecule has 0 saturated carbocycles. The van der Waals surface area contributed by atoms with E-state index in [9.17, 15) is 4.79 Å². The largest absolute Gasteiger partial charge is 0.448 e. The van der Waals surface area contributed by atoms with Crippen molar-refractivity contribution in [1.82, 2.24) is 0 Å². The van der Waals surface area contributed by atoms with Gasteiger partial charge in [-0.2, -0.15) is 0 Å². The Morgan fingerprint density at radius 3 is 3.00 bits per heavy atom. The van der Waals surface area contributed by atoms with Gasteiger partial charge >= 0.3 is 6.09 Å². The minimum Gasteiger partial charge on any atom is -0.448 e. The zero-order valence-corrected chi connectivity index (χ0v) is 5.20. The number of carbonyl (C=O) groups is 1. The molecular weight excluding hydrogens is 128 g/mol. The predicted octanol–water partition coefficient (Wildman–Crippen LogP) is 1.17. The van der Waals surface area contributed by atoms with Gasteiger partial charge in [-0.1, -0.05) is 4.36 Å². The van der Waals surface area contributed by atoms with Gasteiger partial charge in [-0.25, -0.2) is 9.57 Å². The fourth-order valence-electron chi connectivity index (χ4n) is 0.187. The highest BCUT2D eigenvalue weighted by Gasteiger charge is 1.91. The molecule has 0 aromatic rings. The highest BCUT2D eigenvalue weighted by molar-refractivity contribution is 7.56. The number of hydrogen-bond donors (Lipinski definition) is 1. The van der Waals surface area contributed by atoms with E-state index in [1.807, 2.05) is 0 Å². The van der Waals surface area contributed by atoms with E-state index in [1.165, 1.54) is 0 Å². The molecule has 0 spiro atoms. The van der Waals surface area contributed by atoms with E-state index in [2.05, 4.69) is 9.10 Å². The summed E-state index contributed by atoms with van der Waals surface area (Å²) in [6.45, 7) is 1.99. The van der Waals surface area contributed by atoms with Gasteiger partial charge in [0, 0.05) is 0 Å². The topological polar surface area (TPSA) is 62.5 Å². The Morgan fingerprint density at radius 1 is 2.00 bits per heavy atom. The van der Waals surface area contributed by atoms with E-state index in [-0.39, 0.29) is 0 Å². The van der Waals surface area contributed by atoms with Crippen LogP contribution in [0, 0.1) is 4.78 Å². The predicted molar refractivity (Wildman–Crippen MR) is 29.5 cm³/mol. The minimum absolute atomic E-state index is 0.308. The SMILES string of the molecule is CCOC(=O)N=S=N. The second-order valence-corrected chi connectivity index (χ2v) is 1.25. The molecule has 0 aromatic carbocycles. The minimum atomic E-state index is -0.688. The molecule has 1 amide bonds. The van der Waals surface area contributed by atoms with Crippen molar-refractivity contribution < 1.29 is 9.53 Å². The first-order chi connectivity index (χ1) is 3.81. The lowest BCUT2D eigenvalue weighted by Crippen LogP contribution is -1.95. The molecule has 1 N–H and O–H groups in total. The first kappa shape index (κ1) is 7.29. The van der Waals surface area contributed by atoms with Crippen molar-refractivity contribution in [3.63, 3.8) is 0 Å². The van der Waals surface area contributed by atoms with Gasteiger partial charge in [-0.15, -0.1) is 0 Å². The first-order valence-electron chi connectivity index (χ1n) is 2.01. The van der Waals surface area contributed by atoms with Gasteiger partial charge in [0.25, 0.3) is 0 Å². The van der Waals surface area contributed by atoms with Gasteiger partial charge < -0.3 is 4.74 Å². The van der Waals surface area contributed by atoms with Crippen molar-refractivity contribution in [3.05, 3.63) is 0 Å². The van der Waals surface area contributed by atoms with Crippen molar-refractivity contribution in [2.24, 2.45) is 4.36 Å². The normalized spacial score (nSPS) is 7.62. The third kappa shape index (κ3) is 3.48. The highest BCUT2D eigenvalue weighted by Crippen LogP contribution is 1.79. The standard InChI is InChI=1S/C3H6N2O2S/c1-2-7-3(6)5-8-4/h4H,2H2,1H3. The number of carbonyl (C=O) groups excluding carboxylic acids is 1. The Kier molecular flexibility index (Phi) is 4.05. The van der Waals surface area contributed by atoms with Gasteiger partial charge in [-0.05, 0) is 6.92 Å². The second-order valence-electron chi connectivity index (χ2n) is 0.881. The summed E-state index contributed by atoms with van der Waals surface area (Å²) in [6, 6.07) is 0. The summed E-state index contributed by atoms with van der Waals surface area (Å²) < 4.78 is 13.7. The highest BCUT2D eigenvalue weighted by atomic mass is 32.1. The van der Waals surface area contributed by atoms with Crippen LogP contribution >= 0.6 is 0 Å². The molecule has 8 heavy (non-hydrogen) atoms. The van der Waals surface area contributed by atoms with Crippen LogP contribution in [0.2, 0.25) is 0 Å². The maximum absolute atomic E-state index is 10.1. The fourth-order valence-corrected chi connectivity index (χ4v) is 0.314. The lowest BCUT2D eigenvalue weighted by molar-refractivity contribution is 0.164. The summed E-state index contributed by atoms with van der Waals surface area (Å²) in [5.41, 5.74) is 0. The van der Waals surface area contributed by atoms with E-state index in [4.69, 9.17) is 4.78 Å². The summed E-state index contributed by atoms with van der Waals surface area (Å²) in [5, 5.41) is 0. The Hall–Kier alpha value is -0.710. The Balaban J connectivity index is 3.49. The number of nitrogens with zero attached hydrogens (tertiary/aromatic N) is 1. The monoisotopic (exact) mass is 134 g/mol. The second kappa shape index (κ2) is 4.45. The number of rotatable bonds is 1. The maximum Gasteiger partial charge on any atom is 0.445 e. The van der Waals surface area contributed by atoms with Crippen LogP contribution < -0.4 is 0 Å². The molecule has 0 bridgehead atoms. The lowest BCUT2D eigenvalue weighted by Gasteiger charge is -1.88. The Bertz CT molecular complexity index is 129. The van der Waals surface area contributed by atoms with Crippen LogP contribution in [0.15, 0.2) is 4.36 Å². The quantitative estimate of drug-likeness (QED) is 0.585. The van der Waals surface area contributed by atoms with Crippen LogP contribution in [0.3, 0.4) is 0 Å². The average Bonchev–Trinajstić information content (AvgIpc) is 1.68. The molecule has 0 aliphatic heterocycles. The molecule has 0 rings (SSSR count). The third-order valence-corrected chi connectivity index (χ3v) is 0.628. The molecule has 4 nitrogen and oxygen atoms in total. The van der Waals surface area contributed by atoms with Crippen LogP contribution in [-0.4, -0.2) is 12.7 Å². The Morgan fingerprint density at radius 2 is 2.62 bits per heavy atom. The molecule has 0 aliphatic carbocycles. The van der Waals surface area contributed by atoms with E-state index in [0.717, 1.165) is 0 Å². The molecule has 0 aromatic heterocycles. The van der Waals surface area contributed by atoms with E-state index in [0.29, 0.717) is 18.0 Å². The summed E-state index contributed by atoms with van der Waals surface area (Å²) in [6.07, 6.45) is -0.688. The molecule has 0 unspecified atom stereocenters. The first-order valence-corrected chi connectivity index (χ1v) is 2.79. The summed E-state index contributed by atoms with van der Waals surface area (Å²) in [4.78, 5) is 10.1. The van der Waals surface area contributed by atoms with E-state index < -0.39 is 6.09 Å². The van der Waals surface area contributed by atoms with Gasteiger partial charge in [0.1, 0.15) is 0 Å². The number of nitrogens with one attached hydrogen (secondary N) is 1. The summed E-state index contributed by atoms with van der Waals surface area (Å²) in [5.74, 6) is 0. The van der Waals surface area contributed by atoms with Gasteiger partial charge in [-0.3, -0.25) is 0 Å². The molecule has 5 heteroatoms. The van der Waals surface area contributed by atoms with Crippen molar-refractivity contribution in [3.8, 4) is 0 Å². The fraction of sp³-hybridized carbons (Fsp3) is 0.667. The third-order valence-electron chi connectivity index (χ3n) is 0.388. The molecule has 0 atom stereocenters. The zero-order chi connectivity index (χ0) is 6.41. The molecular formula is C3H6N2O2S. The van der Waals surface area contributed by atoms with Crippen LogP contribution in [0.1, 0.15) is 6.92 Å². The van der Waals surface area contributed by atoms with Crippen LogP contribution in [0.5, 0.6) is 0 Å². The van der Waals surface area contributed by atoms with Crippen molar-refractivity contribution in [1.29, 1.82) is 4.78 Å². The number of hydrogen-bond acceptors (Lipinski definition) is 3. The van der Waals surface area contributed by atoms with Crippen LogP contribution in [-0.2, 0) is 16.1 Å². The molecule has 0 saturated heterocycles. The van der Waals surface area contributed by atoms with Gasteiger partial charge in [0.2, 0.25) is 0 Å². The van der Waals surface area contributed by atoms with Gasteiger partial charge in [0.15, 0.2) is 0 Å². The lowest BCUT2D eigenvalue weighted by atomic mass is 10.9. The number of amides is 1.